The summed E-state index contributed by atoms with van der Waals surface area (Å²) in [7, 11) is 0. The van der Waals surface area contributed by atoms with E-state index in [1.165, 1.54) is 36.4 Å². The smallest absolute Gasteiger partial charge is 0.155 e. The van der Waals surface area contributed by atoms with Crippen LogP contribution in [0.4, 0.5) is 0 Å². The van der Waals surface area contributed by atoms with Crippen molar-refractivity contribution in [3.63, 3.8) is 0 Å². The minimum atomic E-state index is -0.125. The van der Waals surface area contributed by atoms with Gasteiger partial charge >= 0.3 is 0 Å². The van der Waals surface area contributed by atoms with E-state index in [0.717, 1.165) is 16.8 Å². The van der Waals surface area contributed by atoms with Crippen molar-refractivity contribution in [1.29, 1.82) is 0 Å². The van der Waals surface area contributed by atoms with Crippen molar-refractivity contribution in [3.8, 4) is 11.3 Å². The third-order valence-corrected chi connectivity index (χ3v) is 3.74. The summed E-state index contributed by atoms with van der Waals surface area (Å²) < 4.78 is 0. The molecule has 3 nitrogen and oxygen atoms in total. The van der Waals surface area contributed by atoms with E-state index in [4.69, 9.17) is 10.1 Å². The van der Waals surface area contributed by atoms with E-state index in [2.05, 4.69) is 42.5 Å². The van der Waals surface area contributed by atoms with Crippen molar-refractivity contribution in [3.05, 3.63) is 77.6 Å². The molecule has 0 fully saturated rings. The minimum Gasteiger partial charge on any atom is -0.512 e. The van der Waals surface area contributed by atoms with E-state index >= 15 is 0 Å². The first-order valence-corrected chi connectivity index (χ1v) is 8.01. The summed E-state index contributed by atoms with van der Waals surface area (Å²) in [5, 5.41) is 9.62. The fraction of sp³-hybridized carbons (Fsp3) is 0.0909. The van der Waals surface area contributed by atoms with E-state index in [0.29, 0.717) is 0 Å². The van der Waals surface area contributed by atoms with Crippen LogP contribution in [0.25, 0.3) is 34.3 Å². The van der Waals surface area contributed by atoms with Crippen LogP contribution in [0.15, 0.2) is 60.4 Å². The molecule has 0 amide bonds. The van der Waals surface area contributed by atoms with Crippen LogP contribution in [0, 0.1) is 6.07 Å². The summed E-state index contributed by atoms with van der Waals surface area (Å²) >= 11 is 0. The van der Waals surface area contributed by atoms with Crippen LogP contribution in [-0.4, -0.2) is 15.9 Å². The van der Waals surface area contributed by atoms with Gasteiger partial charge in [-0.3, -0.25) is 9.78 Å². The van der Waals surface area contributed by atoms with Crippen molar-refractivity contribution in [2.45, 2.75) is 13.8 Å². The third kappa shape index (κ3) is 4.54. The van der Waals surface area contributed by atoms with Crippen LogP contribution in [0.1, 0.15) is 25.0 Å². The van der Waals surface area contributed by atoms with Gasteiger partial charge < -0.3 is 5.11 Å². The van der Waals surface area contributed by atoms with Crippen LogP contribution in [0.3, 0.4) is 0 Å². The molecule has 1 aliphatic carbocycles. The van der Waals surface area contributed by atoms with Crippen molar-refractivity contribution in [2.75, 3.05) is 0 Å². The molecule has 4 rings (SSSR count). The molecular weight excluding hydrogens is 502 g/mol. The van der Waals surface area contributed by atoms with Gasteiger partial charge in [-0.05, 0) is 36.7 Å². The monoisotopic (exact) mass is 521 g/mol. The van der Waals surface area contributed by atoms with Gasteiger partial charge in [0.15, 0.2) is 5.78 Å². The molecule has 0 atom stereocenters. The van der Waals surface area contributed by atoms with Gasteiger partial charge in [0.1, 0.15) is 0 Å². The molecule has 26 heavy (non-hydrogen) atoms. The number of pyridine rings is 1. The van der Waals surface area contributed by atoms with Crippen LogP contribution in [0.5, 0.6) is 0 Å². The number of hydrogen-bond acceptors (Lipinski definition) is 3. The number of hydrogen-bond donors (Lipinski definition) is 1. The van der Waals surface area contributed by atoms with E-state index in [9.17, 15) is 4.79 Å². The van der Waals surface area contributed by atoms with Gasteiger partial charge in [-0.1, -0.05) is 30.4 Å². The molecule has 1 aliphatic rings. The van der Waals surface area contributed by atoms with Gasteiger partial charge in [-0.2, -0.15) is 0 Å². The zero-order valence-electron chi connectivity index (χ0n) is 14.5. The Kier molecular flexibility index (Phi) is 6.62. The van der Waals surface area contributed by atoms with Gasteiger partial charge in [0, 0.05) is 31.6 Å². The first-order valence-electron chi connectivity index (χ1n) is 8.01. The quantitative estimate of drug-likeness (QED) is 0.224. The maximum Gasteiger partial charge on any atom is 0.155 e. The standard InChI is InChI=1S/C17H10N.C5H8O2.Ir/c1-2-5-12(6-3-1)16-11-14-10-9-13-7-4-8-15(18-16)17(13)14;1-4(6)3-5(2)7;/h1-5,7-11H;3,6H,1-2H3;/q-1;;. The van der Waals surface area contributed by atoms with E-state index in [1.54, 1.807) is 0 Å². The number of benzene rings is 2. The Morgan fingerprint density at radius 2 is 1.85 bits per heavy atom. The molecule has 0 saturated carbocycles. The molecule has 3 aromatic rings. The second-order valence-electron chi connectivity index (χ2n) is 5.84. The summed E-state index contributed by atoms with van der Waals surface area (Å²) in [6.45, 7) is 2.85. The fourth-order valence-corrected chi connectivity index (χ4v) is 2.78. The first-order chi connectivity index (χ1) is 12.0. The molecular formula is C22H18IrNO2-. The SMILES string of the molecule is CC(=O)C=C(C)O.[Ir].[c-]1ccccc1-c1cc2c3c(cccc3n1)C=C2. The molecule has 4 heteroatoms. The van der Waals surface area contributed by atoms with Crippen molar-refractivity contribution in [2.24, 2.45) is 0 Å². The van der Waals surface area contributed by atoms with Crippen LogP contribution in [0.2, 0.25) is 0 Å². The molecule has 1 N–H and O–H groups in total. The van der Waals surface area contributed by atoms with E-state index in [-0.39, 0.29) is 31.6 Å². The van der Waals surface area contributed by atoms with Crippen LogP contribution >= 0.6 is 0 Å². The average molecular weight is 521 g/mol. The van der Waals surface area contributed by atoms with Crippen molar-refractivity contribution in [1.82, 2.24) is 4.98 Å². The fourth-order valence-electron chi connectivity index (χ4n) is 2.78. The Labute approximate surface area is 166 Å². The van der Waals surface area contributed by atoms with E-state index in [1.807, 2.05) is 24.3 Å². The maximum atomic E-state index is 10.0. The van der Waals surface area contributed by atoms with Gasteiger partial charge in [-0.25, -0.2) is 0 Å². The van der Waals surface area contributed by atoms with Gasteiger partial charge in [0.2, 0.25) is 0 Å². The van der Waals surface area contributed by atoms with E-state index < -0.39 is 0 Å². The number of aliphatic hydroxyl groups excluding tert-OH is 1. The first kappa shape index (κ1) is 19.8. The predicted molar refractivity (Wildman–Crippen MR) is 102 cm³/mol. The Morgan fingerprint density at radius 3 is 2.46 bits per heavy atom. The number of carbonyl (C=O) groups excluding carboxylic acids is 1. The number of rotatable bonds is 2. The van der Waals surface area contributed by atoms with Crippen molar-refractivity contribution < 1.29 is 30.0 Å². The summed E-state index contributed by atoms with van der Waals surface area (Å²) in [5.41, 5.74) is 5.60. The topological polar surface area (TPSA) is 50.2 Å². The summed E-state index contributed by atoms with van der Waals surface area (Å²) in [6.07, 6.45) is 5.48. The number of carbonyl (C=O) groups is 1. The predicted octanol–water partition coefficient (Wildman–Crippen LogP) is 5.22. The molecule has 0 aliphatic heterocycles. The Balaban J connectivity index is 0.000000265. The molecule has 1 aromatic heterocycles. The zero-order valence-corrected chi connectivity index (χ0v) is 16.9. The molecule has 1 heterocycles. The zero-order chi connectivity index (χ0) is 17.8. The normalized spacial score (nSPS) is 11.5. The Morgan fingerprint density at radius 1 is 1.08 bits per heavy atom. The molecule has 1 radical (unpaired) electrons. The third-order valence-electron chi connectivity index (χ3n) is 3.74. The number of nitrogens with zero attached hydrogens (tertiary/aromatic N) is 1. The molecule has 0 spiro atoms. The molecule has 0 unspecified atom stereocenters. The Bertz CT molecular complexity index is 988. The average Bonchev–Trinajstić information content (AvgIpc) is 3.00. The van der Waals surface area contributed by atoms with Crippen LogP contribution in [-0.2, 0) is 24.9 Å². The largest absolute Gasteiger partial charge is 0.512 e. The van der Waals surface area contributed by atoms with Crippen molar-refractivity contribution >= 4 is 28.8 Å². The maximum absolute atomic E-state index is 10.0. The second kappa shape index (κ2) is 8.70. The molecule has 2 aromatic carbocycles. The molecule has 0 saturated heterocycles. The van der Waals surface area contributed by atoms with Crippen LogP contribution < -0.4 is 0 Å². The minimum absolute atomic E-state index is 0. The number of aliphatic hydroxyl groups is 1. The van der Waals surface area contributed by atoms with Gasteiger partial charge in [-0.15, -0.1) is 35.9 Å². The summed E-state index contributed by atoms with van der Waals surface area (Å²) in [5.74, 6) is -0.0625. The van der Waals surface area contributed by atoms with Gasteiger partial charge in [0.25, 0.3) is 0 Å². The summed E-state index contributed by atoms with van der Waals surface area (Å²) in [4.78, 5) is 14.8. The van der Waals surface area contributed by atoms with Gasteiger partial charge in [0.05, 0.1) is 11.3 Å². The number of ketones is 1. The second-order valence-corrected chi connectivity index (χ2v) is 5.84. The number of allylic oxidation sites excluding steroid dienone is 2. The number of aromatic nitrogens is 1. The molecule has 0 bridgehead atoms. The Hall–Kier alpha value is -2.55. The summed E-state index contributed by atoms with van der Waals surface area (Å²) in [6, 6.07) is 19.6. The molecule has 133 valence electrons.